The molecule has 3 fully saturated rings. The minimum absolute atomic E-state index is 0.0635. The van der Waals surface area contributed by atoms with Crippen molar-refractivity contribution in [2.24, 2.45) is 29.4 Å². The second kappa shape index (κ2) is 13.8. The first-order valence-electron chi connectivity index (χ1n) is 18.9. The van der Waals surface area contributed by atoms with Gasteiger partial charge < -0.3 is 34.7 Å². The molecule has 3 N–H and O–H groups in total. The van der Waals surface area contributed by atoms with Gasteiger partial charge in [-0.05, 0) is 85.3 Å². The van der Waals surface area contributed by atoms with Crippen LogP contribution in [0.2, 0.25) is 0 Å². The molecule has 0 aromatic heterocycles. The number of esters is 1. The summed E-state index contributed by atoms with van der Waals surface area (Å²) in [5.41, 5.74) is 8.73. The van der Waals surface area contributed by atoms with E-state index in [4.69, 9.17) is 24.7 Å². The van der Waals surface area contributed by atoms with E-state index in [0.29, 0.717) is 46.9 Å². The maximum atomic E-state index is 15.0. The number of hydrogen-bond donors (Lipinski definition) is 2. The van der Waals surface area contributed by atoms with Crippen LogP contribution in [0.15, 0.2) is 58.0 Å². The van der Waals surface area contributed by atoms with Crippen molar-refractivity contribution < 1.29 is 33.6 Å². The Morgan fingerprint density at radius 2 is 1.81 bits per heavy atom. The van der Waals surface area contributed by atoms with Gasteiger partial charge in [-0.25, -0.2) is 4.79 Å². The Balaban J connectivity index is 1.74. The highest BCUT2D eigenvalue weighted by Crippen LogP contribution is 2.69. The number of ether oxygens (including phenoxy) is 4. The van der Waals surface area contributed by atoms with Crippen molar-refractivity contribution in [1.29, 1.82) is 5.26 Å². The molecule has 3 aliphatic heterocycles. The molecule has 7 rings (SSSR count). The van der Waals surface area contributed by atoms with Crippen LogP contribution >= 0.6 is 0 Å². The highest BCUT2D eigenvalue weighted by Gasteiger charge is 2.77. The third kappa shape index (κ3) is 5.61. The molecule has 0 radical (unpaired) electrons. The van der Waals surface area contributed by atoms with Crippen LogP contribution in [-0.2, 0) is 20.7 Å². The van der Waals surface area contributed by atoms with Gasteiger partial charge in [0.05, 0.1) is 42.7 Å². The first-order valence-corrected chi connectivity index (χ1v) is 18.9. The highest BCUT2D eigenvalue weighted by molar-refractivity contribution is 6.01. The Bertz CT molecular complexity index is 2040. The summed E-state index contributed by atoms with van der Waals surface area (Å²) in [7, 11) is 4.72. The maximum absolute atomic E-state index is 15.0. The number of methoxy groups -OCH3 is 2. The molecule has 0 saturated heterocycles. The van der Waals surface area contributed by atoms with E-state index in [0.717, 1.165) is 29.5 Å². The smallest absolute Gasteiger partial charge is 0.333 e. The zero-order valence-corrected chi connectivity index (χ0v) is 33.6. The van der Waals surface area contributed by atoms with Gasteiger partial charge in [-0.2, -0.15) is 5.26 Å². The third-order valence-electron chi connectivity index (χ3n) is 12.2. The molecule has 3 saturated carbocycles. The number of rotatable bonds is 10. The molecule has 54 heavy (non-hydrogen) atoms. The maximum Gasteiger partial charge on any atom is 0.333 e. The number of carbonyl (C=O) groups excluding carboxylic acids is 2. The minimum Gasteiger partial charge on any atom is -0.495 e. The van der Waals surface area contributed by atoms with Gasteiger partial charge in [0.1, 0.15) is 28.7 Å². The molecule has 3 aliphatic carbocycles. The minimum atomic E-state index is -2.13. The lowest BCUT2D eigenvalue weighted by Gasteiger charge is -2.66. The van der Waals surface area contributed by atoms with E-state index in [9.17, 15) is 20.0 Å². The Labute approximate surface area is 319 Å². The van der Waals surface area contributed by atoms with Crippen LogP contribution in [-0.4, -0.2) is 59.8 Å². The molecule has 6 aliphatic rings. The number of carbonyl (C=O) groups is 2. The molecule has 0 amide bonds. The molecule has 2 bridgehead atoms. The second-order valence-electron chi connectivity index (χ2n) is 16.6. The molecular formula is C44H55N3O7. The van der Waals surface area contributed by atoms with Crippen LogP contribution in [0.25, 0.3) is 11.8 Å². The molecule has 288 valence electrons. The summed E-state index contributed by atoms with van der Waals surface area (Å²) in [4.78, 5) is 29.4. The first-order chi connectivity index (χ1) is 25.4. The average molecular weight is 738 g/mol. The highest BCUT2D eigenvalue weighted by atomic mass is 16.5. The normalized spacial score (nSPS) is 29.1. The lowest BCUT2D eigenvalue weighted by Crippen LogP contribution is -2.78. The predicted octanol–water partition coefficient (Wildman–Crippen LogP) is 7.33. The summed E-state index contributed by atoms with van der Waals surface area (Å²) in [6, 6.07) is 2.34. The van der Waals surface area contributed by atoms with Crippen molar-refractivity contribution in [2.75, 3.05) is 21.3 Å². The molecule has 1 spiro atoms. The van der Waals surface area contributed by atoms with Gasteiger partial charge in [0.25, 0.3) is 0 Å². The number of ketones is 1. The van der Waals surface area contributed by atoms with Crippen LogP contribution in [0.3, 0.4) is 0 Å². The van der Waals surface area contributed by atoms with Crippen molar-refractivity contribution in [1.82, 2.24) is 4.90 Å². The van der Waals surface area contributed by atoms with E-state index in [1.165, 1.54) is 12.7 Å². The molecule has 6 unspecified atom stereocenters. The fraction of sp³-hybridized carbons (Fsp3) is 0.523. The van der Waals surface area contributed by atoms with E-state index < -0.39 is 40.4 Å². The zero-order valence-electron chi connectivity index (χ0n) is 33.6. The number of nitrogens with two attached hydrogens (primary N) is 1. The number of nitrogens with zero attached hydrogens (tertiary/aromatic N) is 2. The summed E-state index contributed by atoms with van der Waals surface area (Å²) in [5, 5.41) is 23.9. The number of Topliss-reactive ketones (excluding diaryl/α,β-unsaturated/α-hetero) is 1. The molecule has 1 aromatic carbocycles. The van der Waals surface area contributed by atoms with Crippen LogP contribution in [0.5, 0.6) is 17.2 Å². The van der Waals surface area contributed by atoms with E-state index in [1.807, 2.05) is 20.9 Å². The Kier molecular flexibility index (Phi) is 9.98. The first kappa shape index (κ1) is 39.0. The molecule has 10 heteroatoms. The van der Waals surface area contributed by atoms with Gasteiger partial charge in [-0.15, -0.1) is 0 Å². The van der Waals surface area contributed by atoms with E-state index in [2.05, 4.69) is 65.0 Å². The molecule has 10 nitrogen and oxygen atoms in total. The third-order valence-corrected chi connectivity index (χ3v) is 12.2. The standard InChI is InChI=1S/C44H55N3O7/c1-23(2)13-12-18-42(8)19-17-28-36(53-42)27(15-14-24(3)4)38-33(37(28)51-10)35-34-32(30(22-45)40(46)47(35)9)29-21-31(25(5)6)44(34,54-38)43(50,39(29)48)20-16-26(7)41(49)52-11/h13-14,16-17,19,25,29,31-32,50H,12,15,18,20-21,46H2,1-11H3/b26-16-. The van der Waals surface area contributed by atoms with Gasteiger partial charge in [0.2, 0.25) is 0 Å². The summed E-state index contributed by atoms with van der Waals surface area (Å²) in [6.07, 6.45) is 12.2. The second-order valence-corrected chi connectivity index (χ2v) is 16.6. The lowest BCUT2D eigenvalue weighted by atomic mass is 9.43. The van der Waals surface area contributed by atoms with Crippen molar-refractivity contribution in [3.8, 4) is 23.3 Å². The van der Waals surface area contributed by atoms with E-state index in [1.54, 1.807) is 25.0 Å². The Morgan fingerprint density at radius 1 is 1.13 bits per heavy atom. The quantitative estimate of drug-likeness (QED) is 0.142. The number of allylic oxidation sites excluding steroid dienone is 5. The van der Waals surface area contributed by atoms with Crippen molar-refractivity contribution in [2.45, 2.75) is 104 Å². The van der Waals surface area contributed by atoms with E-state index >= 15 is 0 Å². The van der Waals surface area contributed by atoms with Gasteiger partial charge in [0.15, 0.2) is 17.0 Å². The van der Waals surface area contributed by atoms with Crippen LogP contribution in [0, 0.1) is 35.0 Å². The fourth-order valence-electron chi connectivity index (χ4n) is 9.50. The summed E-state index contributed by atoms with van der Waals surface area (Å²) < 4.78 is 25.9. The number of nitriles is 1. The van der Waals surface area contributed by atoms with Crippen LogP contribution in [0.4, 0.5) is 0 Å². The van der Waals surface area contributed by atoms with Crippen molar-refractivity contribution in [3.05, 3.63) is 74.7 Å². The molecular weight excluding hydrogens is 682 g/mol. The topological polar surface area (TPSA) is 144 Å². The fourth-order valence-corrected chi connectivity index (χ4v) is 9.50. The molecule has 3 heterocycles. The van der Waals surface area contributed by atoms with E-state index in [-0.39, 0.29) is 35.2 Å². The SMILES string of the molecule is COC(=O)/C(C)=C\CC1(O)C(=O)C2CC(C(C)C)C13Oc1c(CC=C(C)C)c4c(c(OC)c1C1=C3C2C(C#N)=C(N)N1C)C=CC(C)(CCC=C(C)C)O4. The Hall–Kier alpha value is -4.75. The van der Waals surface area contributed by atoms with Gasteiger partial charge in [-0.1, -0.05) is 43.2 Å². The Morgan fingerprint density at radius 3 is 2.41 bits per heavy atom. The number of benzene rings is 1. The number of hydrogen-bond acceptors (Lipinski definition) is 10. The van der Waals surface area contributed by atoms with Crippen LogP contribution in [0.1, 0.15) is 97.8 Å². The van der Waals surface area contributed by atoms with Crippen molar-refractivity contribution >= 4 is 23.5 Å². The number of aliphatic hydroxyl groups is 1. The van der Waals surface area contributed by atoms with Crippen molar-refractivity contribution in [3.63, 3.8) is 0 Å². The van der Waals surface area contributed by atoms with Gasteiger partial charge in [-0.3, -0.25) is 4.79 Å². The summed E-state index contributed by atoms with van der Waals surface area (Å²) in [6.45, 7) is 16.0. The average Bonchev–Trinajstić information content (AvgIpc) is 3.12. The van der Waals surface area contributed by atoms with Crippen LogP contribution < -0.4 is 19.9 Å². The summed E-state index contributed by atoms with van der Waals surface area (Å²) in [5.74, 6) is -1.11. The molecule has 6 atom stereocenters. The van der Waals surface area contributed by atoms with Gasteiger partial charge >= 0.3 is 5.97 Å². The summed E-state index contributed by atoms with van der Waals surface area (Å²) >= 11 is 0. The lowest BCUT2D eigenvalue weighted by molar-refractivity contribution is -0.210. The van der Waals surface area contributed by atoms with Gasteiger partial charge in [0, 0.05) is 47.9 Å². The monoisotopic (exact) mass is 737 g/mol. The predicted molar refractivity (Wildman–Crippen MR) is 208 cm³/mol. The number of fused-ring (bicyclic) bond motifs is 5. The molecule has 1 aromatic rings. The largest absolute Gasteiger partial charge is 0.495 e. The zero-order chi connectivity index (χ0) is 39.7.